The molecule has 2 aliphatic rings. The monoisotopic (exact) mass is 369 g/mol. The summed E-state index contributed by atoms with van der Waals surface area (Å²) >= 11 is 2.10. The summed E-state index contributed by atoms with van der Waals surface area (Å²) < 4.78 is 15.9. The number of benzene rings is 1. The molecule has 0 radical (unpaired) electrons. The molecule has 1 saturated carbocycles. The Morgan fingerprint density at radius 3 is 2.85 bits per heavy atom. The Morgan fingerprint density at radius 1 is 1.04 bits per heavy atom. The lowest BCUT2D eigenvalue weighted by atomic mass is 9.93. The summed E-state index contributed by atoms with van der Waals surface area (Å²) in [5.41, 5.74) is 1.06. The van der Waals surface area contributed by atoms with Gasteiger partial charge < -0.3 is 4.90 Å². The van der Waals surface area contributed by atoms with Gasteiger partial charge >= 0.3 is 0 Å². The number of hydrogen-bond donors (Lipinski definition) is 0. The van der Waals surface area contributed by atoms with Crippen LogP contribution >= 0.6 is 11.8 Å². The van der Waals surface area contributed by atoms with Crippen molar-refractivity contribution in [2.75, 3.05) is 17.2 Å². The van der Waals surface area contributed by atoms with Crippen molar-refractivity contribution in [1.82, 2.24) is 19.8 Å². The number of nitrogens with zero attached hydrogens (tertiary/aromatic N) is 5. The van der Waals surface area contributed by atoms with Gasteiger partial charge in [0.25, 0.3) is 0 Å². The van der Waals surface area contributed by atoms with E-state index in [2.05, 4.69) is 26.9 Å². The van der Waals surface area contributed by atoms with Gasteiger partial charge in [0, 0.05) is 23.6 Å². The first-order valence-electron chi connectivity index (χ1n) is 9.17. The van der Waals surface area contributed by atoms with Gasteiger partial charge in [0.05, 0.1) is 5.56 Å². The lowest BCUT2D eigenvalue weighted by Crippen LogP contribution is -2.49. The maximum absolute atomic E-state index is 14.2. The lowest BCUT2D eigenvalue weighted by Gasteiger charge is -2.44. The third-order valence-electron chi connectivity index (χ3n) is 5.39. The molecule has 134 valence electrons. The number of rotatable bonds is 2. The first-order chi connectivity index (χ1) is 12.8. The summed E-state index contributed by atoms with van der Waals surface area (Å²) in [7, 11) is 0. The predicted molar refractivity (Wildman–Crippen MR) is 102 cm³/mol. The SMILES string of the molecule is Fc1ccccc1-c1nnc2ccc(N3CCSC4CCCCC43)nn12. The van der Waals surface area contributed by atoms with E-state index in [0.29, 0.717) is 28.3 Å². The Labute approximate surface area is 155 Å². The van der Waals surface area contributed by atoms with Crippen molar-refractivity contribution in [3.63, 3.8) is 0 Å². The zero-order valence-corrected chi connectivity index (χ0v) is 15.2. The van der Waals surface area contributed by atoms with E-state index >= 15 is 0 Å². The molecular weight excluding hydrogens is 349 g/mol. The quantitative estimate of drug-likeness (QED) is 0.688. The molecule has 2 atom stereocenters. The van der Waals surface area contributed by atoms with Gasteiger partial charge in [-0.25, -0.2) is 4.39 Å². The third-order valence-corrected chi connectivity index (χ3v) is 6.79. The van der Waals surface area contributed by atoms with E-state index in [-0.39, 0.29) is 5.82 Å². The molecule has 0 spiro atoms. The molecule has 0 bridgehead atoms. The van der Waals surface area contributed by atoms with Crippen LogP contribution in [0, 0.1) is 5.82 Å². The van der Waals surface area contributed by atoms with Crippen molar-refractivity contribution < 1.29 is 4.39 Å². The van der Waals surface area contributed by atoms with E-state index < -0.39 is 0 Å². The summed E-state index contributed by atoms with van der Waals surface area (Å²) in [4.78, 5) is 2.44. The highest BCUT2D eigenvalue weighted by Gasteiger charge is 2.34. The normalized spacial score (nSPS) is 23.2. The van der Waals surface area contributed by atoms with Crippen molar-refractivity contribution >= 4 is 23.2 Å². The van der Waals surface area contributed by atoms with Crippen LogP contribution in [0.2, 0.25) is 0 Å². The molecule has 2 fully saturated rings. The van der Waals surface area contributed by atoms with E-state index in [1.807, 2.05) is 12.1 Å². The zero-order chi connectivity index (χ0) is 17.5. The number of fused-ring (bicyclic) bond motifs is 2. The predicted octanol–water partition coefficient (Wildman–Crippen LogP) is 3.79. The molecule has 3 aromatic rings. The van der Waals surface area contributed by atoms with Crippen molar-refractivity contribution in [3.05, 3.63) is 42.2 Å². The molecule has 0 N–H and O–H groups in total. The molecule has 0 amide bonds. The Bertz CT molecular complexity index is 941. The maximum Gasteiger partial charge on any atom is 0.188 e. The molecule has 5 nitrogen and oxygen atoms in total. The van der Waals surface area contributed by atoms with Gasteiger partial charge in [-0.1, -0.05) is 25.0 Å². The van der Waals surface area contributed by atoms with Gasteiger partial charge in [0.15, 0.2) is 11.5 Å². The number of halogens is 1. The topological polar surface area (TPSA) is 46.3 Å². The van der Waals surface area contributed by atoms with Crippen molar-refractivity contribution in [1.29, 1.82) is 0 Å². The first-order valence-corrected chi connectivity index (χ1v) is 10.2. The summed E-state index contributed by atoms with van der Waals surface area (Å²) in [5, 5.41) is 13.9. The summed E-state index contributed by atoms with van der Waals surface area (Å²) in [6.45, 7) is 1.00. The van der Waals surface area contributed by atoms with Crippen LogP contribution in [0.3, 0.4) is 0 Å². The van der Waals surface area contributed by atoms with E-state index in [9.17, 15) is 4.39 Å². The average molecular weight is 369 g/mol. The number of hydrogen-bond acceptors (Lipinski definition) is 5. The van der Waals surface area contributed by atoms with Gasteiger partial charge in [-0.2, -0.15) is 16.3 Å². The van der Waals surface area contributed by atoms with Crippen LogP contribution in [-0.4, -0.2) is 43.4 Å². The Hall–Kier alpha value is -2.15. The zero-order valence-electron chi connectivity index (χ0n) is 14.4. The fourth-order valence-corrected chi connectivity index (χ4v) is 5.57. The first kappa shape index (κ1) is 16.1. The van der Waals surface area contributed by atoms with E-state index in [0.717, 1.165) is 18.1 Å². The highest BCUT2D eigenvalue weighted by atomic mass is 32.2. The molecule has 26 heavy (non-hydrogen) atoms. The van der Waals surface area contributed by atoms with E-state index in [4.69, 9.17) is 5.10 Å². The molecule has 7 heteroatoms. The second-order valence-corrected chi connectivity index (χ2v) is 8.27. The highest BCUT2D eigenvalue weighted by molar-refractivity contribution is 8.00. The van der Waals surface area contributed by atoms with Crippen LogP contribution < -0.4 is 4.90 Å². The molecule has 2 aromatic heterocycles. The van der Waals surface area contributed by atoms with Gasteiger partial charge in [-0.3, -0.25) is 0 Å². The largest absolute Gasteiger partial charge is 0.350 e. The molecule has 1 aliphatic carbocycles. The molecular formula is C19H20FN5S. The maximum atomic E-state index is 14.2. The van der Waals surface area contributed by atoms with Crippen molar-refractivity contribution in [3.8, 4) is 11.4 Å². The van der Waals surface area contributed by atoms with Crippen molar-refractivity contribution in [2.24, 2.45) is 0 Å². The smallest absolute Gasteiger partial charge is 0.188 e. The van der Waals surface area contributed by atoms with Gasteiger partial charge in [0.1, 0.15) is 11.6 Å². The standard InChI is InChI=1S/C19H20FN5S/c20-14-6-2-1-5-13(14)19-22-21-17-9-10-18(23-25(17)19)24-11-12-26-16-8-4-3-7-15(16)24/h1-2,5-6,9-10,15-16H,3-4,7-8,11-12H2. The molecule has 1 saturated heterocycles. The molecule has 1 aromatic carbocycles. The highest BCUT2D eigenvalue weighted by Crippen LogP contribution is 2.37. The molecule has 2 unspecified atom stereocenters. The Morgan fingerprint density at radius 2 is 1.92 bits per heavy atom. The Balaban J connectivity index is 1.57. The molecule has 5 rings (SSSR count). The van der Waals surface area contributed by atoms with Crippen LogP contribution in [0.4, 0.5) is 10.2 Å². The van der Waals surface area contributed by atoms with E-state index in [1.165, 1.54) is 31.7 Å². The fourth-order valence-electron chi connectivity index (χ4n) is 4.12. The Kier molecular flexibility index (Phi) is 4.04. The van der Waals surface area contributed by atoms with Crippen LogP contribution in [0.5, 0.6) is 0 Å². The summed E-state index contributed by atoms with van der Waals surface area (Å²) in [6.07, 6.45) is 5.13. The van der Waals surface area contributed by atoms with Crippen LogP contribution in [0.25, 0.3) is 17.0 Å². The third kappa shape index (κ3) is 2.65. The van der Waals surface area contributed by atoms with Gasteiger partial charge in [-0.05, 0) is 37.1 Å². The second-order valence-electron chi connectivity index (χ2n) is 6.92. The van der Waals surface area contributed by atoms with Crippen LogP contribution in [0.15, 0.2) is 36.4 Å². The van der Waals surface area contributed by atoms with Crippen LogP contribution in [0.1, 0.15) is 25.7 Å². The van der Waals surface area contributed by atoms with Crippen molar-refractivity contribution in [2.45, 2.75) is 37.0 Å². The summed E-state index contributed by atoms with van der Waals surface area (Å²) in [5.74, 6) is 2.21. The number of aromatic nitrogens is 4. The minimum Gasteiger partial charge on any atom is -0.350 e. The summed E-state index contributed by atoms with van der Waals surface area (Å²) in [6, 6.07) is 11.1. The fraction of sp³-hybridized carbons (Fsp3) is 0.421. The molecule has 3 heterocycles. The average Bonchev–Trinajstić information content (AvgIpc) is 3.11. The van der Waals surface area contributed by atoms with E-state index in [1.54, 1.807) is 22.7 Å². The molecule has 1 aliphatic heterocycles. The minimum absolute atomic E-state index is 0.310. The number of anilines is 1. The van der Waals surface area contributed by atoms with Gasteiger partial charge in [-0.15, -0.1) is 15.3 Å². The second kappa shape index (κ2) is 6.54. The van der Waals surface area contributed by atoms with Crippen LogP contribution in [-0.2, 0) is 0 Å². The minimum atomic E-state index is -0.310. The lowest BCUT2D eigenvalue weighted by molar-refractivity contribution is 0.419. The number of thioether (sulfide) groups is 1. The van der Waals surface area contributed by atoms with Gasteiger partial charge in [0.2, 0.25) is 0 Å².